The van der Waals surface area contributed by atoms with E-state index in [9.17, 15) is 4.79 Å². The number of aromatic amines is 1. The molecular formula is C12H11NO2. The van der Waals surface area contributed by atoms with Crippen molar-refractivity contribution in [2.75, 3.05) is 7.11 Å². The SMILES string of the molecule is C=CC(=O)c1cc2ccc(OC)cc2[nH]1. The van der Waals surface area contributed by atoms with Gasteiger partial charge in [-0.2, -0.15) is 0 Å². The van der Waals surface area contributed by atoms with Gasteiger partial charge in [-0.15, -0.1) is 0 Å². The lowest BCUT2D eigenvalue weighted by atomic mass is 10.2. The monoisotopic (exact) mass is 201 g/mol. The van der Waals surface area contributed by atoms with Crippen LogP contribution in [0.15, 0.2) is 36.9 Å². The van der Waals surface area contributed by atoms with E-state index in [1.807, 2.05) is 18.2 Å². The van der Waals surface area contributed by atoms with Gasteiger partial charge in [0.2, 0.25) is 5.78 Å². The van der Waals surface area contributed by atoms with Gasteiger partial charge in [-0.05, 0) is 24.3 Å². The molecule has 3 heteroatoms. The van der Waals surface area contributed by atoms with Gasteiger partial charge in [0.05, 0.1) is 12.8 Å². The van der Waals surface area contributed by atoms with E-state index in [0.717, 1.165) is 16.7 Å². The molecule has 0 aliphatic carbocycles. The molecule has 0 bridgehead atoms. The predicted molar refractivity (Wildman–Crippen MR) is 59.4 cm³/mol. The second kappa shape index (κ2) is 3.61. The highest BCUT2D eigenvalue weighted by molar-refractivity contribution is 6.05. The van der Waals surface area contributed by atoms with Crippen molar-refractivity contribution in [3.8, 4) is 5.75 Å². The molecule has 1 aromatic carbocycles. The maximum absolute atomic E-state index is 11.4. The van der Waals surface area contributed by atoms with Crippen LogP contribution in [0.25, 0.3) is 10.9 Å². The number of ether oxygens (including phenoxy) is 1. The Bertz CT molecular complexity index is 525. The van der Waals surface area contributed by atoms with Gasteiger partial charge in [0.1, 0.15) is 5.75 Å². The lowest BCUT2D eigenvalue weighted by molar-refractivity contribution is 0.104. The molecule has 0 amide bonds. The third-order valence-electron chi connectivity index (χ3n) is 2.28. The fourth-order valence-electron chi connectivity index (χ4n) is 1.48. The number of carbonyl (C=O) groups is 1. The number of hydrogen-bond donors (Lipinski definition) is 1. The normalized spacial score (nSPS) is 10.2. The van der Waals surface area contributed by atoms with Gasteiger partial charge >= 0.3 is 0 Å². The molecule has 2 rings (SSSR count). The molecule has 0 saturated carbocycles. The van der Waals surface area contributed by atoms with E-state index < -0.39 is 0 Å². The molecule has 1 heterocycles. The van der Waals surface area contributed by atoms with Crippen molar-refractivity contribution < 1.29 is 9.53 Å². The standard InChI is InChI=1S/C12H11NO2/c1-3-12(14)11-6-8-4-5-9(15-2)7-10(8)13-11/h3-7,13H,1H2,2H3. The van der Waals surface area contributed by atoms with Crippen molar-refractivity contribution in [2.45, 2.75) is 0 Å². The van der Waals surface area contributed by atoms with E-state index in [2.05, 4.69) is 11.6 Å². The Labute approximate surface area is 87.4 Å². The summed E-state index contributed by atoms with van der Waals surface area (Å²) in [5.41, 5.74) is 1.44. The molecule has 0 aliphatic rings. The van der Waals surface area contributed by atoms with Crippen LogP contribution in [-0.4, -0.2) is 17.9 Å². The number of hydrogen-bond acceptors (Lipinski definition) is 2. The summed E-state index contributed by atoms with van der Waals surface area (Å²) in [5.74, 6) is 0.659. The van der Waals surface area contributed by atoms with Gasteiger partial charge in [-0.1, -0.05) is 6.58 Å². The minimum Gasteiger partial charge on any atom is -0.497 e. The average molecular weight is 201 g/mol. The van der Waals surface area contributed by atoms with Crippen LogP contribution in [0.4, 0.5) is 0 Å². The highest BCUT2D eigenvalue weighted by Gasteiger charge is 2.06. The summed E-state index contributed by atoms with van der Waals surface area (Å²) in [4.78, 5) is 14.4. The summed E-state index contributed by atoms with van der Waals surface area (Å²) in [5, 5.41) is 0.987. The first kappa shape index (κ1) is 9.52. The Kier molecular flexibility index (Phi) is 2.29. The molecule has 1 aromatic heterocycles. The van der Waals surface area contributed by atoms with Gasteiger partial charge in [-0.25, -0.2) is 0 Å². The minimum absolute atomic E-state index is 0.106. The number of nitrogens with one attached hydrogen (secondary N) is 1. The van der Waals surface area contributed by atoms with Gasteiger partial charge < -0.3 is 9.72 Å². The molecule has 15 heavy (non-hydrogen) atoms. The first-order valence-corrected chi connectivity index (χ1v) is 4.58. The Balaban J connectivity index is 2.55. The Morgan fingerprint density at radius 3 is 2.93 bits per heavy atom. The van der Waals surface area contributed by atoms with Gasteiger partial charge in [0.25, 0.3) is 0 Å². The van der Waals surface area contributed by atoms with Crippen molar-refractivity contribution in [2.24, 2.45) is 0 Å². The lowest BCUT2D eigenvalue weighted by Gasteiger charge is -1.97. The van der Waals surface area contributed by atoms with E-state index in [1.165, 1.54) is 6.08 Å². The topological polar surface area (TPSA) is 42.1 Å². The van der Waals surface area contributed by atoms with Crippen molar-refractivity contribution in [3.63, 3.8) is 0 Å². The summed E-state index contributed by atoms with van der Waals surface area (Å²) in [6.07, 6.45) is 1.29. The molecule has 76 valence electrons. The number of rotatable bonds is 3. The molecule has 3 nitrogen and oxygen atoms in total. The Morgan fingerprint density at radius 2 is 2.27 bits per heavy atom. The van der Waals surface area contributed by atoms with E-state index >= 15 is 0 Å². The van der Waals surface area contributed by atoms with Gasteiger partial charge in [0, 0.05) is 17.0 Å². The Morgan fingerprint density at radius 1 is 1.47 bits per heavy atom. The number of aromatic nitrogens is 1. The number of methoxy groups -OCH3 is 1. The van der Waals surface area contributed by atoms with E-state index in [4.69, 9.17) is 4.74 Å². The average Bonchev–Trinajstić information content (AvgIpc) is 2.70. The lowest BCUT2D eigenvalue weighted by Crippen LogP contribution is -1.92. The molecule has 0 saturated heterocycles. The molecule has 0 aliphatic heterocycles. The van der Waals surface area contributed by atoms with Crippen molar-refractivity contribution >= 4 is 16.7 Å². The number of H-pyrrole nitrogens is 1. The zero-order valence-electron chi connectivity index (χ0n) is 8.41. The van der Waals surface area contributed by atoms with Crippen LogP contribution < -0.4 is 4.74 Å². The summed E-state index contributed by atoms with van der Waals surface area (Å²) in [6.45, 7) is 3.45. The molecule has 0 unspecified atom stereocenters. The minimum atomic E-state index is -0.106. The zero-order valence-corrected chi connectivity index (χ0v) is 8.41. The molecule has 0 spiro atoms. The maximum atomic E-state index is 11.4. The van der Waals surface area contributed by atoms with Crippen LogP contribution in [0.2, 0.25) is 0 Å². The smallest absolute Gasteiger partial charge is 0.201 e. The third-order valence-corrected chi connectivity index (χ3v) is 2.28. The third kappa shape index (κ3) is 1.64. The molecule has 0 fully saturated rings. The van der Waals surface area contributed by atoms with E-state index in [1.54, 1.807) is 13.2 Å². The van der Waals surface area contributed by atoms with Gasteiger partial charge in [-0.3, -0.25) is 4.79 Å². The van der Waals surface area contributed by atoms with Crippen LogP contribution >= 0.6 is 0 Å². The predicted octanol–water partition coefficient (Wildman–Crippen LogP) is 2.55. The van der Waals surface area contributed by atoms with E-state index in [-0.39, 0.29) is 5.78 Å². The number of fused-ring (bicyclic) bond motifs is 1. The molecule has 0 radical (unpaired) electrons. The van der Waals surface area contributed by atoms with Crippen LogP contribution in [0.5, 0.6) is 5.75 Å². The van der Waals surface area contributed by atoms with Crippen LogP contribution in [0, 0.1) is 0 Å². The highest BCUT2D eigenvalue weighted by Crippen LogP contribution is 2.21. The van der Waals surface area contributed by atoms with Gasteiger partial charge in [0.15, 0.2) is 0 Å². The molecule has 1 N–H and O–H groups in total. The molecular weight excluding hydrogens is 190 g/mol. The van der Waals surface area contributed by atoms with E-state index in [0.29, 0.717) is 5.69 Å². The summed E-state index contributed by atoms with van der Waals surface area (Å²) >= 11 is 0. The van der Waals surface area contributed by atoms with Crippen LogP contribution in [-0.2, 0) is 0 Å². The fourth-order valence-corrected chi connectivity index (χ4v) is 1.48. The number of carbonyl (C=O) groups excluding carboxylic acids is 1. The zero-order chi connectivity index (χ0) is 10.8. The number of benzene rings is 1. The molecule has 2 aromatic rings. The first-order chi connectivity index (χ1) is 7.24. The van der Waals surface area contributed by atoms with Crippen LogP contribution in [0.1, 0.15) is 10.5 Å². The van der Waals surface area contributed by atoms with Crippen LogP contribution in [0.3, 0.4) is 0 Å². The summed E-state index contributed by atoms with van der Waals surface area (Å²) in [6, 6.07) is 7.43. The second-order valence-corrected chi connectivity index (χ2v) is 3.20. The van der Waals surface area contributed by atoms with Crippen molar-refractivity contribution in [1.82, 2.24) is 4.98 Å². The summed E-state index contributed by atoms with van der Waals surface area (Å²) in [7, 11) is 1.61. The summed E-state index contributed by atoms with van der Waals surface area (Å²) < 4.78 is 5.09. The largest absolute Gasteiger partial charge is 0.497 e. The quantitative estimate of drug-likeness (QED) is 0.612. The first-order valence-electron chi connectivity index (χ1n) is 4.58. The number of allylic oxidation sites excluding steroid dienone is 1. The maximum Gasteiger partial charge on any atom is 0.201 e. The second-order valence-electron chi connectivity index (χ2n) is 3.20. The highest BCUT2D eigenvalue weighted by atomic mass is 16.5. The Hall–Kier alpha value is -2.03. The van der Waals surface area contributed by atoms with Crippen molar-refractivity contribution in [3.05, 3.63) is 42.6 Å². The molecule has 0 atom stereocenters. The van der Waals surface area contributed by atoms with Crippen molar-refractivity contribution in [1.29, 1.82) is 0 Å². The number of ketones is 1. The fraction of sp³-hybridized carbons (Fsp3) is 0.0833.